The maximum absolute atomic E-state index is 12.9. The molecule has 1 aliphatic rings. The molecule has 4 nitrogen and oxygen atoms in total. The molecule has 0 radical (unpaired) electrons. The molecule has 0 aliphatic carbocycles. The molecule has 2 rings (SSSR count). The lowest BCUT2D eigenvalue weighted by molar-refractivity contribution is -0.133. The zero-order valence-corrected chi connectivity index (χ0v) is 15.6. The molecule has 2 atom stereocenters. The molecule has 2 unspecified atom stereocenters. The summed E-state index contributed by atoms with van der Waals surface area (Å²) in [6.07, 6.45) is 3.87. The number of nitrogens with zero attached hydrogens (tertiary/aromatic N) is 1. The van der Waals surface area contributed by atoms with Crippen molar-refractivity contribution in [2.24, 2.45) is 0 Å². The first-order valence-corrected chi connectivity index (χ1v) is 10.8. The van der Waals surface area contributed by atoms with Gasteiger partial charge < -0.3 is 4.90 Å². The number of unbranched alkanes of at least 4 members (excludes halogenated alkanes) is 1. The first-order chi connectivity index (χ1) is 11.5. The molecule has 1 aliphatic heterocycles. The van der Waals surface area contributed by atoms with Gasteiger partial charge in [0.1, 0.15) is 0 Å². The molecule has 1 amide bonds. The number of sulfone groups is 1. The van der Waals surface area contributed by atoms with E-state index in [1.807, 2.05) is 23.1 Å². The fraction of sp³-hybridized carbons (Fsp3) is 0.632. The highest BCUT2D eigenvalue weighted by Crippen LogP contribution is 2.26. The third kappa shape index (κ3) is 5.07. The summed E-state index contributed by atoms with van der Waals surface area (Å²) in [5.41, 5.74) is 1.18. The van der Waals surface area contributed by atoms with Crippen molar-refractivity contribution >= 4 is 15.7 Å². The fourth-order valence-electron chi connectivity index (χ4n) is 3.41. The fourth-order valence-corrected chi connectivity index (χ4v) is 5.14. The minimum Gasteiger partial charge on any atom is -0.339 e. The first kappa shape index (κ1) is 19.0. The second-order valence-electron chi connectivity index (χ2n) is 6.72. The molecule has 1 heterocycles. The van der Waals surface area contributed by atoms with Crippen LogP contribution in [-0.4, -0.2) is 43.3 Å². The Hall–Kier alpha value is -1.36. The van der Waals surface area contributed by atoms with Gasteiger partial charge in [0.25, 0.3) is 0 Å². The summed E-state index contributed by atoms with van der Waals surface area (Å²) in [6, 6.07) is 9.98. The van der Waals surface area contributed by atoms with Crippen molar-refractivity contribution in [1.29, 1.82) is 0 Å². The van der Waals surface area contributed by atoms with Gasteiger partial charge in [-0.1, -0.05) is 50.6 Å². The minimum atomic E-state index is -2.98. The minimum absolute atomic E-state index is 0.0984. The van der Waals surface area contributed by atoms with Gasteiger partial charge in [-0.2, -0.15) is 0 Å². The van der Waals surface area contributed by atoms with Gasteiger partial charge in [0.15, 0.2) is 9.84 Å². The van der Waals surface area contributed by atoms with Crippen molar-refractivity contribution in [2.45, 2.75) is 57.9 Å². The number of carbonyl (C=O) groups is 1. The Bertz CT molecular complexity index is 627. The Kier molecular flexibility index (Phi) is 6.84. The van der Waals surface area contributed by atoms with E-state index in [1.165, 1.54) is 5.56 Å². The normalized spacial score (nSPS) is 20.7. The summed E-state index contributed by atoms with van der Waals surface area (Å²) in [7, 11) is -2.98. The molecule has 5 heteroatoms. The van der Waals surface area contributed by atoms with Crippen molar-refractivity contribution in [3.05, 3.63) is 35.9 Å². The Morgan fingerprint density at radius 3 is 2.50 bits per heavy atom. The standard InChI is InChI=1S/C19H29NO3S/c1-3-5-12-20(18-11-13-24(22,23)15-18)19(21)14-16(4-2)17-9-7-6-8-10-17/h6-10,16,18H,3-5,11-15H2,1-2H3. The van der Waals surface area contributed by atoms with Crippen molar-refractivity contribution in [1.82, 2.24) is 4.90 Å². The molecule has 1 aromatic rings. The van der Waals surface area contributed by atoms with Gasteiger partial charge in [-0.25, -0.2) is 8.42 Å². The smallest absolute Gasteiger partial charge is 0.223 e. The van der Waals surface area contributed by atoms with E-state index in [9.17, 15) is 13.2 Å². The summed E-state index contributed by atoms with van der Waals surface area (Å²) in [4.78, 5) is 14.8. The van der Waals surface area contributed by atoms with Gasteiger partial charge in [-0.05, 0) is 30.7 Å². The number of hydrogen-bond acceptors (Lipinski definition) is 3. The van der Waals surface area contributed by atoms with Crippen LogP contribution >= 0.6 is 0 Å². The molecule has 1 saturated heterocycles. The molecule has 134 valence electrons. The van der Waals surface area contributed by atoms with E-state index >= 15 is 0 Å². The topological polar surface area (TPSA) is 54.5 Å². The molecular formula is C19H29NO3S. The predicted octanol–water partition coefficient (Wildman–Crippen LogP) is 3.39. The predicted molar refractivity (Wildman–Crippen MR) is 97.8 cm³/mol. The van der Waals surface area contributed by atoms with Crippen LogP contribution in [0, 0.1) is 0 Å². The Morgan fingerprint density at radius 1 is 1.25 bits per heavy atom. The summed E-state index contributed by atoms with van der Waals surface area (Å²) in [5.74, 6) is 0.635. The molecule has 0 N–H and O–H groups in total. The quantitative estimate of drug-likeness (QED) is 0.721. The highest BCUT2D eigenvalue weighted by Gasteiger charge is 2.34. The number of rotatable bonds is 8. The van der Waals surface area contributed by atoms with Crippen LogP contribution in [0.5, 0.6) is 0 Å². The molecule has 0 bridgehead atoms. The summed E-state index contributed by atoms with van der Waals surface area (Å²) >= 11 is 0. The lowest BCUT2D eigenvalue weighted by atomic mass is 9.92. The molecule has 1 aromatic carbocycles. The van der Waals surface area contributed by atoms with E-state index in [2.05, 4.69) is 26.0 Å². The highest BCUT2D eigenvalue weighted by atomic mass is 32.2. The van der Waals surface area contributed by atoms with Crippen molar-refractivity contribution in [3.63, 3.8) is 0 Å². The first-order valence-electron chi connectivity index (χ1n) is 9.01. The zero-order valence-electron chi connectivity index (χ0n) is 14.8. The van der Waals surface area contributed by atoms with Crippen LogP contribution in [0.15, 0.2) is 30.3 Å². The van der Waals surface area contributed by atoms with Crippen LogP contribution in [0.1, 0.15) is 57.4 Å². The van der Waals surface area contributed by atoms with E-state index in [0.717, 1.165) is 19.3 Å². The molecular weight excluding hydrogens is 322 g/mol. The number of carbonyl (C=O) groups excluding carboxylic acids is 1. The van der Waals surface area contributed by atoms with Crippen molar-refractivity contribution < 1.29 is 13.2 Å². The molecule has 1 fully saturated rings. The Labute approximate surface area is 146 Å². The summed E-state index contributed by atoms with van der Waals surface area (Å²) in [5, 5.41) is 0. The van der Waals surface area contributed by atoms with E-state index in [0.29, 0.717) is 19.4 Å². The van der Waals surface area contributed by atoms with Gasteiger partial charge in [0, 0.05) is 19.0 Å². The summed E-state index contributed by atoms with van der Waals surface area (Å²) < 4.78 is 23.6. The maximum Gasteiger partial charge on any atom is 0.223 e. The van der Waals surface area contributed by atoms with Crippen LogP contribution < -0.4 is 0 Å². The highest BCUT2D eigenvalue weighted by molar-refractivity contribution is 7.91. The van der Waals surface area contributed by atoms with Gasteiger partial charge >= 0.3 is 0 Å². The van der Waals surface area contributed by atoms with E-state index in [4.69, 9.17) is 0 Å². The van der Waals surface area contributed by atoms with Gasteiger partial charge in [-0.15, -0.1) is 0 Å². The second kappa shape index (κ2) is 8.65. The molecule has 24 heavy (non-hydrogen) atoms. The maximum atomic E-state index is 12.9. The van der Waals surface area contributed by atoms with Crippen LogP contribution in [0.2, 0.25) is 0 Å². The number of benzene rings is 1. The van der Waals surface area contributed by atoms with Crippen molar-refractivity contribution in [3.8, 4) is 0 Å². The third-order valence-electron chi connectivity index (χ3n) is 4.91. The number of amides is 1. The monoisotopic (exact) mass is 351 g/mol. The van der Waals surface area contributed by atoms with Gasteiger partial charge in [0.05, 0.1) is 11.5 Å². The average Bonchev–Trinajstić information content (AvgIpc) is 2.93. The van der Waals surface area contributed by atoms with E-state index < -0.39 is 9.84 Å². The lowest BCUT2D eigenvalue weighted by Crippen LogP contribution is -2.42. The lowest BCUT2D eigenvalue weighted by Gasteiger charge is -2.30. The van der Waals surface area contributed by atoms with Gasteiger partial charge in [0.2, 0.25) is 5.91 Å². The Balaban J connectivity index is 2.09. The summed E-state index contributed by atoms with van der Waals surface area (Å²) in [6.45, 7) is 4.86. The van der Waals surface area contributed by atoms with E-state index in [-0.39, 0.29) is 29.4 Å². The van der Waals surface area contributed by atoms with Gasteiger partial charge in [-0.3, -0.25) is 4.79 Å². The molecule has 0 saturated carbocycles. The molecule has 0 aromatic heterocycles. The number of hydrogen-bond donors (Lipinski definition) is 0. The van der Waals surface area contributed by atoms with Crippen LogP contribution in [0.4, 0.5) is 0 Å². The zero-order chi connectivity index (χ0) is 17.6. The van der Waals surface area contributed by atoms with Crippen LogP contribution in [0.25, 0.3) is 0 Å². The van der Waals surface area contributed by atoms with Crippen molar-refractivity contribution in [2.75, 3.05) is 18.1 Å². The Morgan fingerprint density at radius 2 is 1.96 bits per heavy atom. The van der Waals surface area contributed by atoms with Crippen LogP contribution in [0.3, 0.4) is 0 Å². The van der Waals surface area contributed by atoms with Crippen LogP contribution in [-0.2, 0) is 14.6 Å². The third-order valence-corrected chi connectivity index (χ3v) is 6.66. The van der Waals surface area contributed by atoms with E-state index in [1.54, 1.807) is 0 Å². The second-order valence-corrected chi connectivity index (χ2v) is 8.95. The molecule has 0 spiro atoms. The SMILES string of the molecule is CCCCN(C(=O)CC(CC)c1ccccc1)C1CCS(=O)(=O)C1. The largest absolute Gasteiger partial charge is 0.339 e. The average molecular weight is 352 g/mol.